The SMILES string of the molecule is C=CCN=C([S-])[C@H](C(=O)c1ccc([N+](=O)[O-])cc1)[n+]1cccc(C)c1. The molecule has 2 rings (SSSR count). The first-order valence-corrected chi connectivity index (χ1v) is 7.93. The van der Waals surface area contributed by atoms with Crippen molar-refractivity contribution in [1.29, 1.82) is 0 Å². The molecule has 0 saturated carbocycles. The predicted molar refractivity (Wildman–Crippen MR) is 97.7 cm³/mol. The monoisotopic (exact) mass is 355 g/mol. The molecule has 0 aliphatic rings. The summed E-state index contributed by atoms with van der Waals surface area (Å²) in [5.74, 6) is -0.275. The Kier molecular flexibility index (Phi) is 6.08. The fourth-order valence-electron chi connectivity index (χ4n) is 2.30. The normalized spacial score (nSPS) is 12.4. The van der Waals surface area contributed by atoms with Crippen LogP contribution in [0.3, 0.4) is 0 Å². The Labute approximate surface area is 151 Å². The summed E-state index contributed by atoms with van der Waals surface area (Å²) in [6.45, 7) is 5.82. The molecule has 0 aliphatic carbocycles. The first-order chi connectivity index (χ1) is 11.9. The van der Waals surface area contributed by atoms with Gasteiger partial charge in [-0.25, -0.2) is 0 Å². The Morgan fingerprint density at radius 2 is 2.08 bits per heavy atom. The number of Topliss-reactive ketones (excluding diaryl/α,β-unsaturated/α-hetero) is 1. The number of ketones is 1. The van der Waals surface area contributed by atoms with Gasteiger partial charge in [-0.2, -0.15) is 4.57 Å². The van der Waals surface area contributed by atoms with Gasteiger partial charge >= 0.3 is 0 Å². The molecule has 25 heavy (non-hydrogen) atoms. The number of benzene rings is 1. The molecule has 1 heterocycles. The third kappa shape index (κ3) is 4.54. The molecule has 1 atom stereocenters. The van der Waals surface area contributed by atoms with Crippen molar-refractivity contribution in [3.05, 3.63) is 82.7 Å². The topological polar surface area (TPSA) is 76.4 Å². The Bertz CT molecular complexity index is 832. The number of hydrogen-bond donors (Lipinski definition) is 0. The van der Waals surface area contributed by atoms with Crippen LogP contribution in [-0.4, -0.2) is 22.3 Å². The summed E-state index contributed by atoms with van der Waals surface area (Å²) in [7, 11) is 0. The van der Waals surface area contributed by atoms with Gasteiger partial charge in [-0.05, 0) is 30.2 Å². The van der Waals surface area contributed by atoms with E-state index in [1.807, 2.05) is 25.3 Å². The fourth-order valence-corrected chi connectivity index (χ4v) is 2.60. The third-order valence-electron chi connectivity index (χ3n) is 3.49. The van der Waals surface area contributed by atoms with E-state index in [0.717, 1.165) is 5.56 Å². The highest BCUT2D eigenvalue weighted by atomic mass is 32.1. The number of aromatic nitrogens is 1. The molecule has 0 unspecified atom stereocenters. The minimum atomic E-state index is -0.795. The van der Waals surface area contributed by atoms with Crippen molar-refractivity contribution in [2.75, 3.05) is 6.54 Å². The van der Waals surface area contributed by atoms with E-state index in [9.17, 15) is 14.9 Å². The molecule has 1 aromatic carbocycles. The Morgan fingerprint density at radius 1 is 1.40 bits per heavy atom. The summed E-state index contributed by atoms with van der Waals surface area (Å²) < 4.78 is 1.70. The van der Waals surface area contributed by atoms with Crippen LogP contribution < -0.4 is 4.57 Å². The van der Waals surface area contributed by atoms with Gasteiger partial charge in [-0.1, -0.05) is 6.08 Å². The van der Waals surface area contributed by atoms with Crippen LogP contribution in [0.5, 0.6) is 0 Å². The molecule has 7 heteroatoms. The lowest BCUT2D eigenvalue weighted by atomic mass is 10.0. The molecule has 128 valence electrons. The van der Waals surface area contributed by atoms with Crippen LogP contribution in [0, 0.1) is 17.0 Å². The highest BCUT2D eigenvalue weighted by Crippen LogP contribution is 2.16. The first-order valence-electron chi connectivity index (χ1n) is 7.52. The molecule has 2 aromatic rings. The van der Waals surface area contributed by atoms with Crippen LogP contribution in [-0.2, 0) is 12.6 Å². The average Bonchev–Trinajstić information content (AvgIpc) is 2.60. The van der Waals surface area contributed by atoms with Gasteiger partial charge in [0.2, 0.25) is 11.8 Å². The lowest BCUT2D eigenvalue weighted by molar-refractivity contribution is -0.692. The number of nitro groups is 1. The summed E-state index contributed by atoms with van der Waals surface area (Å²) in [6.07, 6.45) is 5.15. The summed E-state index contributed by atoms with van der Waals surface area (Å²) in [5.41, 5.74) is 1.23. The highest BCUT2D eigenvalue weighted by molar-refractivity contribution is 7.77. The number of aryl methyl sites for hydroxylation is 1. The molecule has 0 amide bonds. The second-order valence-corrected chi connectivity index (χ2v) is 5.79. The number of rotatable bonds is 7. The van der Waals surface area contributed by atoms with Gasteiger partial charge in [-0.3, -0.25) is 14.9 Å². The lowest BCUT2D eigenvalue weighted by Crippen LogP contribution is -2.48. The second-order valence-electron chi connectivity index (χ2n) is 5.37. The number of pyridine rings is 1. The van der Waals surface area contributed by atoms with E-state index >= 15 is 0 Å². The molecule has 0 spiro atoms. The lowest BCUT2D eigenvalue weighted by Gasteiger charge is -2.18. The fraction of sp³-hybridized carbons (Fsp3) is 0.167. The quantitative estimate of drug-likeness (QED) is 0.112. The first kappa shape index (κ1) is 18.4. The van der Waals surface area contributed by atoms with Crippen molar-refractivity contribution in [2.24, 2.45) is 4.99 Å². The molecule has 0 radical (unpaired) electrons. The van der Waals surface area contributed by atoms with Crippen molar-refractivity contribution in [1.82, 2.24) is 0 Å². The van der Waals surface area contributed by atoms with Gasteiger partial charge in [0.15, 0.2) is 12.4 Å². The van der Waals surface area contributed by atoms with Crippen molar-refractivity contribution in [2.45, 2.75) is 13.0 Å². The maximum atomic E-state index is 13.0. The maximum absolute atomic E-state index is 13.0. The summed E-state index contributed by atoms with van der Waals surface area (Å²) in [6, 6.07) is 8.40. The van der Waals surface area contributed by atoms with Crippen molar-refractivity contribution in [3.63, 3.8) is 0 Å². The van der Waals surface area contributed by atoms with E-state index in [4.69, 9.17) is 12.6 Å². The smallest absolute Gasteiger partial charge is 0.269 e. The number of carbonyl (C=O) groups is 1. The van der Waals surface area contributed by atoms with Crippen molar-refractivity contribution < 1.29 is 14.3 Å². The van der Waals surface area contributed by atoms with E-state index in [2.05, 4.69) is 11.6 Å². The molecule has 0 saturated heterocycles. The second kappa shape index (κ2) is 8.25. The van der Waals surface area contributed by atoms with E-state index in [1.54, 1.807) is 16.8 Å². The minimum absolute atomic E-state index is 0.0739. The van der Waals surface area contributed by atoms with Crippen LogP contribution in [0.4, 0.5) is 5.69 Å². The maximum Gasteiger partial charge on any atom is 0.269 e. The number of nitrogens with zero attached hydrogens (tertiary/aromatic N) is 3. The molecule has 0 aliphatic heterocycles. The zero-order chi connectivity index (χ0) is 18.4. The van der Waals surface area contributed by atoms with Crippen molar-refractivity contribution in [3.8, 4) is 0 Å². The molecule has 6 nitrogen and oxygen atoms in total. The molecular formula is C18H17N3O3S. The van der Waals surface area contributed by atoms with E-state index in [0.29, 0.717) is 12.1 Å². The van der Waals surface area contributed by atoms with Crippen LogP contribution in [0.2, 0.25) is 0 Å². The molecule has 1 aromatic heterocycles. The minimum Gasteiger partial charge on any atom is -0.758 e. The predicted octanol–water partition coefficient (Wildman–Crippen LogP) is 2.75. The van der Waals surface area contributed by atoms with E-state index in [1.165, 1.54) is 24.3 Å². The third-order valence-corrected chi connectivity index (χ3v) is 3.84. The van der Waals surface area contributed by atoms with E-state index in [-0.39, 0.29) is 16.5 Å². The molecule has 0 N–H and O–H groups in total. The molecular weight excluding hydrogens is 338 g/mol. The number of hydrogen-bond acceptors (Lipinski definition) is 5. The number of aliphatic imine (C=N–C) groups is 1. The van der Waals surface area contributed by atoms with E-state index < -0.39 is 11.0 Å². The van der Waals surface area contributed by atoms with Gasteiger partial charge in [0.05, 0.1) is 11.5 Å². The summed E-state index contributed by atoms with van der Waals surface area (Å²) >= 11 is 5.35. The van der Waals surface area contributed by atoms with Gasteiger partial charge < -0.3 is 17.6 Å². The zero-order valence-electron chi connectivity index (χ0n) is 13.7. The number of nitro benzene ring substituents is 1. The van der Waals surface area contributed by atoms with Crippen LogP contribution in [0.1, 0.15) is 22.0 Å². The Hall–Kier alpha value is -2.93. The standard InChI is InChI=1S/C18H17N3O3S/c1-3-10-19-18(25)16(20-11-4-5-13(2)12-20)17(22)14-6-8-15(9-7-14)21(23)24/h3-9,11-12,16H,1,10H2,2H3/t16-/m0/s1. The van der Waals surface area contributed by atoms with Crippen LogP contribution in [0.15, 0.2) is 66.4 Å². The van der Waals surface area contributed by atoms with Crippen LogP contribution >= 0.6 is 0 Å². The number of non-ortho nitro benzene ring substituents is 1. The summed E-state index contributed by atoms with van der Waals surface area (Å²) in [5, 5.41) is 11.0. The van der Waals surface area contributed by atoms with Gasteiger partial charge in [0, 0.05) is 29.3 Å². The average molecular weight is 355 g/mol. The van der Waals surface area contributed by atoms with Crippen LogP contribution in [0.25, 0.3) is 0 Å². The van der Waals surface area contributed by atoms with Crippen molar-refractivity contribution >= 4 is 29.1 Å². The molecule has 0 fully saturated rings. The molecule has 0 bridgehead atoms. The van der Waals surface area contributed by atoms with Gasteiger partial charge in [0.25, 0.3) is 5.69 Å². The Morgan fingerprint density at radius 3 is 2.64 bits per heavy atom. The zero-order valence-corrected chi connectivity index (χ0v) is 14.5. The summed E-state index contributed by atoms with van der Waals surface area (Å²) in [4.78, 5) is 27.4. The highest BCUT2D eigenvalue weighted by Gasteiger charge is 2.28. The van der Waals surface area contributed by atoms with Gasteiger partial charge in [0.1, 0.15) is 0 Å². The largest absolute Gasteiger partial charge is 0.758 e. The Balaban J connectivity index is 2.45. The number of carbonyl (C=O) groups excluding carboxylic acids is 1. The van der Waals surface area contributed by atoms with Gasteiger partial charge in [-0.15, -0.1) is 6.58 Å².